The summed E-state index contributed by atoms with van der Waals surface area (Å²) in [6.07, 6.45) is 0. The summed E-state index contributed by atoms with van der Waals surface area (Å²) in [6, 6.07) is 10.3. The molecule has 1 aliphatic rings. The molecule has 1 fully saturated rings. The van der Waals surface area contributed by atoms with E-state index in [2.05, 4.69) is 64.4 Å². The van der Waals surface area contributed by atoms with Crippen molar-refractivity contribution in [3.8, 4) is 11.4 Å². The monoisotopic (exact) mass is 377 g/mol. The lowest BCUT2D eigenvalue weighted by molar-refractivity contribution is 0.312. The Bertz CT molecular complexity index is 950. The van der Waals surface area contributed by atoms with Crippen LogP contribution in [-0.2, 0) is 0 Å². The van der Waals surface area contributed by atoms with E-state index < -0.39 is 0 Å². The first kappa shape index (κ1) is 18.4. The molecule has 0 radical (unpaired) electrons. The fraction of sp³-hybridized carbons (Fsp3) is 0.381. The molecule has 7 nitrogen and oxygen atoms in total. The van der Waals surface area contributed by atoms with E-state index in [-0.39, 0.29) is 0 Å². The molecular weight excluding hydrogens is 350 g/mol. The van der Waals surface area contributed by atoms with Crippen LogP contribution in [0.25, 0.3) is 11.4 Å². The Morgan fingerprint density at radius 1 is 0.929 bits per heavy atom. The lowest BCUT2D eigenvalue weighted by atomic mass is 10.0. The van der Waals surface area contributed by atoms with Gasteiger partial charge in [-0.15, -0.1) is 0 Å². The van der Waals surface area contributed by atoms with Gasteiger partial charge >= 0.3 is 0 Å². The average Bonchev–Trinajstić information content (AvgIpc) is 3.07. The number of anilines is 3. The number of hydrogen-bond acceptors (Lipinski definition) is 6. The maximum absolute atomic E-state index is 4.95. The fourth-order valence-corrected chi connectivity index (χ4v) is 3.59. The molecule has 7 heteroatoms. The summed E-state index contributed by atoms with van der Waals surface area (Å²) in [5.41, 5.74) is 4.46. The average molecular weight is 377 g/mol. The molecule has 0 atom stereocenters. The summed E-state index contributed by atoms with van der Waals surface area (Å²) >= 11 is 0. The summed E-state index contributed by atoms with van der Waals surface area (Å²) < 4.78 is 0. The van der Waals surface area contributed by atoms with Crippen LogP contribution in [0.1, 0.15) is 16.8 Å². The number of H-pyrrole nitrogens is 1. The number of rotatable bonds is 4. The highest BCUT2D eigenvalue weighted by molar-refractivity contribution is 5.69. The molecule has 28 heavy (non-hydrogen) atoms. The minimum Gasteiger partial charge on any atom is -0.354 e. The quantitative estimate of drug-likeness (QED) is 0.727. The summed E-state index contributed by atoms with van der Waals surface area (Å²) in [5, 5.41) is 10.6. The molecule has 1 saturated heterocycles. The molecule has 3 aromatic rings. The number of aromatic nitrogens is 4. The number of hydrogen-bond donors (Lipinski definition) is 2. The standard InChI is InChI=1S/C21H27N7/c1-14-6-5-7-15(2)20(14)21-23-17(22-18-12-16(3)25-26-18)13-19(24-21)28-10-8-27(4)9-11-28/h5-7,12-13H,8-11H2,1-4H3,(H2,22,23,24,25,26). The molecule has 1 aliphatic heterocycles. The third-order valence-electron chi connectivity index (χ3n) is 5.21. The van der Waals surface area contributed by atoms with E-state index in [9.17, 15) is 0 Å². The van der Waals surface area contributed by atoms with Gasteiger partial charge in [0.2, 0.25) is 0 Å². The van der Waals surface area contributed by atoms with E-state index in [1.54, 1.807) is 0 Å². The van der Waals surface area contributed by atoms with Crippen molar-refractivity contribution in [1.82, 2.24) is 25.1 Å². The summed E-state index contributed by atoms with van der Waals surface area (Å²) in [7, 11) is 2.16. The molecule has 2 aromatic heterocycles. The highest BCUT2D eigenvalue weighted by atomic mass is 15.3. The molecule has 3 heterocycles. The SMILES string of the molecule is Cc1cc(Nc2cc(N3CCN(C)CC3)nc(-c3c(C)cccc3C)n2)n[nH]1. The van der Waals surface area contributed by atoms with Crippen molar-refractivity contribution >= 4 is 17.5 Å². The highest BCUT2D eigenvalue weighted by Gasteiger charge is 2.19. The van der Waals surface area contributed by atoms with Crippen LogP contribution in [0, 0.1) is 20.8 Å². The van der Waals surface area contributed by atoms with Gasteiger partial charge in [-0.1, -0.05) is 18.2 Å². The molecule has 0 aliphatic carbocycles. The van der Waals surface area contributed by atoms with Gasteiger partial charge in [0.15, 0.2) is 11.6 Å². The second-order valence-electron chi connectivity index (χ2n) is 7.55. The Labute approximate surface area is 165 Å². The highest BCUT2D eigenvalue weighted by Crippen LogP contribution is 2.29. The zero-order valence-electron chi connectivity index (χ0n) is 17.0. The van der Waals surface area contributed by atoms with E-state index in [1.165, 1.54) is 11.1 Å². The number of nitrogens with zero attached hydrogens (tertiary/aromatic N) is 5. The van der Waals surface area contributed by atoms with Crippen LogP contribution in [0.2, 0.25) is 0 Å². The van der Waals surface area contributed by atoms with Crippen LogP contribution < -0.4 is 10.2 Å². The number of benzene rings is 1. The maximum atomic E-state index is 4.95. The maximum Gasteiger partial charge on any atom is 0.164 e. The first-order chi connectivity index (χ1) is 13.5. The molecule has 0 amide bonds. The van der Waals surface area contributed by atoms with E-state index in [0.717, 1.165) is 60.7 Å². The van der Waals surface area contributed by atoms with Gasteiger partial charge in [-0.05, 0) is 38.9 Å². The predicted octanol–water partition coefficient (Wildman–Crippen LogP) is 3.29. The third-order valence-corrected chi connectivity index (χ3v) is 5.21. The number of nitrogens with one attached hydrogen (secondary N) is 2. The first-order valence-corrected chi connectivity index (χ1v) is 9.68. The van der Waals surface area contributed by atoms with Crippen molar-refractivity contribution in [2.75, 3.05) is 43.4 Å². The van der Waals surface area contributed by atoms with Gasteiger partial charge in [0.25, 0.3) is 0 Å². The van der Waals surface area contributed by atoms with Crippen LogP contribution in [0.3, 0.4) is 0 Å². The predicted molar refractivity (Wildman–Crippen MR) is 113 cm³/mol. The number of piperazine rings is 1. The van der Waals surface area contributed by atoms with Gasteiger partial charge in [0, 0.05) is 49.6 Å². The first-order valence-electron chi connectivity index (χ1n) is 9.68. The largest absolute Gasteiger partial charge is 0.354 e. The molecule has 2 N–H and O–H groups in total. The van der Waals surface area contributed by atoms with Gasteiger partial charge < -0.3 is 15.1 Å². The van der Waals surface area contributed by atoms with Crippen molar-refractivity contribution in [3.05, 3.63) is 47.2 Å². The van der Waals surface area contributed by atoms with E-state index in [0.29, 0.717) is 0 Å². The Balaban J connectivity index is 1.76. The minimum atomic E-state index is 0.752. The normalized spacial score (nSPS) is 15.1. The van der Waals surface area contributed by atoms with Crippen LogP contribution in [0.4, 0.5) is 17.5 Å². The van der Waals surface area contributed by atoms with Gasteiger partial charge in [-0.25, -0.2) is 9.97 Å². The Kier molecular flexibility index (Phi) is 5.00. The van der Waals surface area contributed by atoms with E-state index >= 15 is 0 Å². The Morgan fingerprint density at radius 2 is 1.64 bits per heavy atom. The zero-order valence-corrected chi connectivity index (χ0v) is 17.0. The second kappa shape index (κ2) is 7.59. The molecule has 146 valence electrons. The Hall–Kier alpha value is -2.93. The lowest BCUT2D eigenvalue weighted by Gasteiger charge is -2.33. The Morgan fingerprint density at radius 3 is 2.29 bits per heavy atom. The van der Waals surface area contributed by atoms with Crippen molar-refractivity contribution in [2.24, 2.45) is 0 Å². The van der Waals surface area contributed by atoms with Crippen LogP contribution in [0.15, 0.2) is 30.3 Å². The second-order valence-corrected chi connectivity index (χ2v) is 7.55. The van der Waals surface area contributed by atoms with Gasteiger partial charge in [-0.3, -0.25) is 5.10 Å². The number of aromatic amines is 1. The van der Waals surface area contributed by atoms with E-state index in [1.807, 2.05) is 19.1 Å². The van der Waals surface area contributed by atoms with Gasteiger partial charge in [0.1, 0.15) is 11.6 Å². The van der Waals surface area contributed by atoms with E-state index in [4.69, 9.17) is 9.97 Å². The molecule has 1 aromatic carbocycles. The van der Waals surface area contributed by atoms with Crippen LogP contribution >= 0.6 is 0 Å². The third kappa shape index (κ3) is 3.84. The van der Waals surface area contributed by atoms with Crippen molar-refractivity contribution in [2.45, 2.75) is 20.8 Å². The van der Waals surface area contributed by atoms with Crippen molar-refractivity contribution in [3.63, 3.8) is 0 Å². The van der Waals surface area contributed by atoms with Crippen LogP contribution in [-0.4, -0.2) is 58.3 Å². The topological polar surface area (TPSA) is 73.0 Å². The summed E-state index contributed by atoms with van der Waals surface area (Å²) in [4.78, 5) is 14.5. The molecule has 0 unspecified atom stereocenters. The molecule has 4 rings (SSSR count). The molecular formula is C21H27N7. The number of aryl methyl sites for hydroxylation is 3. The molecule has 0 bridgehead atoms. The summed E-state index contributed by atoms with van der Waals surface area (Å²) in [5.74, 6) is 3.22. The van der Waals surface area contributed by atoms with Crippen LogP contribution in [0.5, 0.6) is 0 Å². The number of likely N-dealkylation sites (N-methyl/N-ethyl adjacent to an activating group) is 1. The van der Waals surface area contributed by atoms with Gasteiger partial charge in [-0.2, -0.15) is 5.10 Å². The smallest absolute Gasteiger partial charge is 0.164 e. The molecule has 0 saturated carbocycles. The minimum absolute atomic E-state index is 0.752. The fourth-order valence-electron chi connectivity index (χ4n) is 3.59. The van der Waals surface area contributed by atoms with Gasteiger partial charge in [0.05, 0.1) is 0 Å². The summed E-state index contributed by atoms with van der Waals surface area (Å²) in [6.45, 7) is 10.2. The van der Waals surface area contributed by atoms with Crippen molar-refractivity contribution in [1.29, 1.82) is 0 Å². The van der Waals surface area contributed by atoms with Crippen molar-refractivity contribution < 1.29 is 0 Å². The lowest BCUT2D eigenvalue weighted by Crippen LogP contribution is -2.44. The zero-order chi connectivity index (χ0) is 19.7. The molecule has 0 spiro atoms.